The van der Waals surface area contributed by atoms with Crippen LogP contribution in [-0.4, -0.2) is 19.8 Å². The number of phenolic OH excluding ortho intramolecular Hbond substituents is 1. The number of rotatable bonds is 1. The SMILES string of the molecule is CC(=O)Nc1ccc(O)cc1.O=S([O-])Cl. The molecule has 0 aromatic heterocycles. The molecule has 0 heterocycles. The summed E-state index contributed by atoms with van der Waals surface area (Å²) in [5.74, 6) is 0.0785. The fraction of sp³-hybridized carbons (Fsp3) is 0.125. The molecule has 1 rings (SSSR count). The molecule has 84 valence electrons. The van der Waals surface area contributed by atoms with Crippen molar-refractivity contribution in [2.45, 2.75) is 6.92 Å². The summed E-state index contributed by atoms with van der Waals surface area (Å²) in [6.07, 6.45) is 0. The molecule has 1 aromatic carbocycles. The van der Waals surface area contributed by atoms with Gasteiger partial charge in [-0.1, -0.05) is 0 Å². The van der Waals surface area contributed by atoms with E-state index in [4.69, 9.17) is 13.9 Å². The summed E-state index contributed by atoms with van der Waals surface area (Å²) in [5.41, 5.74) is 0.690. The number of carbonyl (C=O) groups excluding carboxylic acids is 1. The van der Waals surface area contributed by atoms with Gasteiger partial charge in [-0.2, -0.15) is 0 Å². The highest BCUT2D eigenvalue weighted by Gasteiger charge is 1.93. The third-order valence-electron chi connectivity index (χ3n) is 1.19. The van der Waals surface area contributed by atoms with Gasteiger partial charge in [-0.25, -0.2) is 0 Å². The number of anilines is 1. The molecule has 0 bridgehead atoms. The van der Waals surface area contributed by atoms with Gasteiger partial charge in [0.05, 0.1) is 0 Å². The van der Waals surface area contributed by atoms with Gasteiger partial charge >= 0.3 is 0 Å². The summed E-state index contributed by atoms with van der Waals surface area (Å²) >= 11 is 0. The molecule has 1 atom stereocenters. The quantitative estimate of drug-likeness (QED) is 0.448. The Labute approximate surface area is 93.9 Å². The minimum absolute atomic E-state index is 0.115. The second-order valence-electron chi connectivity index (χ2n) is 2.42. The van der Waals surface area contributed by atoms with Crippen molar-refractivity contribution in [3.63, 3.8) is 0 Å². The average Bonchev–Trinajstić information content (AvgIpc) is 2.07. The number of phenols is 1. The van der Waals surface area contributed by atoms with Crippen molar-refractivity contribution in [2.75, 3.05) is 5.32 Å². The van der Waals surface area contributed by atoms with E-state index in [-0.39, 0.29) is 11.7 Å². The zero-order valence-electron chi connectivity index (χ0n) is 7.77. The Kier molecular flexibility index (Phi) is 6.68. The standard InChI is InChI=1S/C8H9NO2.ClHO2S/c1-6(10)9-7-2-4-8(11)5-3-7;1-4(2)3/h2-5,11H,1H3,(H,9,10);(H,2,3)/p-1. The van der Waals surface area contributed by atoms with Crippen molar-refractivity contribution >= 4 is 32.6 Å². The Hall–Kier alpha value is -1.11. The predicted octanol–water partition coefficient (Wildman–Crippen LogP) is 1.37. The monoisotopic (exact) mass is 250 g/mol. The molecule has 0 aliphatic carbocycles. The lowest BCUT2D eigenvalue weighted by atomic mass is 10.3. The van der Waals surface area contributed by atoms with E-state index in [0.717, 1.165) is 0 Å². The molecule has 5 nitrogen and oxygen atoms in total. The number of aromatic hydroxyl groups is 1. The van der Waals surface area contributed by atoms with Gasteiger partial charge in [-0.15, -0.1) is 0 Å². The minimum atomic E-state index is -2.39. The lowest BCUT2D eigenvalue weighted by molar-refractivity contribution is -0.114. The molecule has 0 radical (unpaired) electrons. The molecule has 2 N–H and O–H groups in total. The predicted molar refractivity (Wildman–Crippen MR) is 57.2 cm³/mol. The van der Waals surface area contributed by atoms with Crippen LogP contribution in [0.15, 0.2) is 24.3 Å². The number of halogens is 1. The van der Waals surface area contributed by atoms with E-state index in [1.165, 1.54) is 19.1 Å². The largest absolute Gasteiger partial charge is 0.760 e. The van der Waals surface area contributed by atoms with Crippen LogP contribution in [0.3, 0.4) is 0 Å². The smallest absolute Gasteiger partial charge is 0.221 e. The molecular formula is C8H9ClNO4S-. The van der Waals surface area contributed by atoms with Gasteiger partial charge in [0.15, 0.2) is 0 Å². The first kappa shape index (κ1) is 13.9. The molecule has 0 aliphatic heterocycles. The van der Waals surface area contributed by atoms with Gasteiger partial charge in [-0.3, -0.25) is 9.00 Å². The lowest BCUT2D eigenvalue weighted by Crippen LogP contribution is -2.04. The summed E-state index contributed by atoms with van der Waals surface area (Å²) in [6, 6.07) is 6.31. The number of amides is 1. The average molecular weight is 251 g/mol. The third-order valence-corrected chi connectivity index (χ3v) is 1.19. The Morgan fingerprint density at radius 1 is 1.47 bits per heavy atom. The topological polar surface area (TPSA) is 89.5 Å². The maximum Gasteiger partial charge on any atom is 0.221 e. The Balaban J connectivity index is 0.000000423. The molecule has 0 saturated heterocycles. The number of hydrogen-bond donors (Lipinski definition) is 2. The molecule has 0 spiro atoms. The fourth-order valence-corrected chi connectivity index (χ4v) is 0.748. The summed E-state index contributed by atoms with van der Waals surface area (Å²) < 4.78 is 17.5. The van der Waals surface area contributed by atoms with Crippen molar-refractivity contribution < 1.29 is 18.7 Å². The van der Waals surface area contributed by atoms with Gasteiger partial charge in [0.25, 0.3) is 0 Å². The second-order valence-corrected chi connectivity index (χ2v) is 3.57. The van der Waals surface area contributed by atoms with Crippen LogP contribution in [0.25, 0.3) is 0 Å². The van der Waals surface area contributed by atoms with Gasteiger partial charge in [-0.05, 0) is 34.9 Å². The van der Waals surface area contributed by atoms with Gasteiger partial charge < -0.3 is 15.0 Å². The molecule has 1 amide bonds. The summed E-state index contributed by atoms with van der Waals surface area (Å²) in [4.78, 5) is 10.5. The molecule has 0 fully saturated rings. The molecule has 15 heavy (non-hydrogen) atoms. The number of hydrogen-bond acceptors (Lipinski definition) is 4. The van der Waals surface area contributed by atoms with E-state index in [9.17, 15) is 4.79 Å². The molecule has 1 unspecified atom stereocenters. The highest BCUT2D eigenvalue weighted by atomic mass is 35.7. The van der Waals surface area contributed by atoms with Crippen LogP contribution in [0, 0.1) is 0 Å². The normalized spacial score (nSPS) is 10.9. The first-order chi connectivity index (χ1) is 6.91. The van der Waals surface area contributed by atoms with E-state index >= 15 is 0 Å². The minimum Gasteiger partial charge on any atom is -0.760 e. The van der Waals surface area contributed by atoms with Gasteiger partial charge in [0.1, 0.15) is 5.75 Å². The van der Waals surface area contributed by atoms with Crippen molar-refractivity contribution in [1.29, 1.82) is 0 Å². The Bertz CT molecular complexity index is 337. The van der Waals surface area contributed by atoms with Crippen molar-refractivity contribution in [3.8, 4) is 5.75 Å². The van der Waals surface area contributed by atoms with E-state index in [0.29, 0.717) is 5.69 Å². The van der Waals surface area contributed by atoms with Crippen LogP contribution in [0.5, 0.6) is 5.75 Å². The van der Waals surface area contributed by atoms with Crippen molar-refractivity contribution in [1.82, 2.24) is 0 Å². The first-order valence-electron chi connectivity index (χ1n) is 3.74. The second kappa shape index (κ2) is 7.22. The van der Waals surface area contributed by atoms with Gasteiger partial charge in [0, 0.05) is 22.9 Å². The molecule has 0 saturated carbocycles. The number of nitrogens with one attached hydrogen (secondary N) is 1. The fourth-order valence-electron chi connectivity index (χ4n) is 0.748. The van der Waals surface area contributed by atoms with E-state index < -0.39 is 10.3 Å². The molecule has 1 aromatic rings. The van der Waals surface area contributed by atoms with E-state index in [1.807, 2.05) is 0 Å². The summed E-state index contributed by atoms with van der Waals surface area (Å²) in [5, 5.41) is 11.5. The molecule has 0 aliphatic rings. The first-order valence-corrected chi connectivity index (χ1v) is 5.64. The molecular weight excluding hydrogens is 242 g/mol. The van der Waals surface area contributed by atoms with Crippen LogP contribution in [0.2, 0.25) is 0 Å². The highest BCUT2D eigenvalue weighted by Crippen LogP contribution is 2.13. The van der Waals surface area contributed by atoms with Crippen LogP contribution in [-0.2, 0) is 15.1 Å². The van der Waals surface area contributed by atoms with Gasteiger partial charge in [0.2, 0.25) is 5.91 Å². The van der Waals surface area contributed by atoms with Crippen molar-refractivity contribution in [2.24, 2.45) is 0 Å². The molecule has 7 heteroatoms. The number of carbonyl (C=O) groups is 1. The van der Waals surface area contributed by atoms with E-state index in [2.05, 4.69) is 16.0 Å². The summed E-state index contributed by atoms with van der Waals surface area (Å²) in [7, 11) is 1.80. The van der Waals surface area contributed by atoms with E-state index in [1.54, 1.807) is 12.1 Å². The zero-order valence-corrected chi connectivity index (χ0v) is 9.34. The van der Waals surface area contributed by atoms with Crippen molar-refractivity contribution in [3.05, 3.63) is 24.3 Å². The maximum atomic E-state index is 10.5. The Morgan fingerprint density at radius 2 is 1.87 bits per heavy atom. The van der Waals surface area contributed by atoms with Crippen LogP contribution in [0.4, 0.5) is 5.69 Å². The van der Waals surface area contributed by atoms with Crippen LogP contribution in [0.1, 0.15) is 6.92 Å². The maximum absolute atomic E-state index is 10.5. The lowest BCUT2D eigenvalue weighted by Gasteiger charge is -1.99. The van der Waals surface area contributed by atoms with Crippen LogP contribution < -0.4 is 5.32 Å². The zero-order chi connectivity index (χ0) is 11.8. The third kappa shape index (κ3) is 9.20. The van der Waals surface area contributed by atoms with Crippen LogP contribution >= 0.6 is 10.7 Å². The Morgan fingerprint density at radius 3 is 2.20 bits per heavy atom. The summed E-state index contributed by atoms with van der Waals surface area (Å²) in [6.45, 7) is 1.44. The highest BCUT2D eigenvalue weighted by molar-refractivity contribution is 8.03. The number of benzene rings is 1.